The van der Waals surface area contributed by atoms with E-state index in [4.69, 9.17) is 4.42 Å². The van der Waals surface area contributed by atoms with E-state index in [1.165, 1.54) is 6.08 Å². The summed E-state index contributed by atoms with van der Waals surface area (Å²) in [7, 11) is 1.76. The normalized spacial score (nSPS) is 11.1. The first kappa shape index (κ1) is 13.1. The van der Waals surface area contributed by atoms with Crippen molar-refractivity contribution in [3.63, 3.8) is 0 Å². The molecule has 2 aromatic heterocycles. The molecular formula is C14H17N3O2. The van der Waals surface area contributed by atoms with Crippen LogP contribution in [0.2, 0.25) is 0 Å². The minimum absolute atomic E-state index is 0.0688. The average Bonchev–Trinajstić information content (AvgIpc) is 3.06. The van der Waals surface area contributed by atoms with Crippen molar-refractivity contribution in [2.24, 2.45) is 0 Å². The third kappa shape index (κ3) is 3.58. The molecule has 0 saturated heterocycles. The van der Waals surface area contributed by atoms with Gasteiger partial charge in [0.25, 0.3) is 0 Å². The fourth-order valence-electron chi connectivity index (χ4n) is 1.68. The van der Waals surface area contributed by atoms with Crippen LogP contribution in [0.1, 0.15) is 18.2 Å². The summed E-state index contributed by atoms with van der Waals surface area (Å²) in [5, 5.41) is 4.18. The summed E-state index contributed by atoms with van der Waals surface area (Å²) in [6.45, 7) is 3.40. The molecular weight excluding hydrogens is 242 g/mol. The van der Waals surface area contributed by atoms with Gasteiger partial charge in [0.15, 0.2) is 0 Å². The predicted molar refractivity (Wildman–Crippen MR) is 72.1 cm³/mol. The van der Waals surface area contributed by atoms with Gasteiger partial charge in [0, 0.05) is 38.0 Å². The van der Waals surface area contributed by atoms with Crippen molar-refractivity contribution in [1.29, 1.82) is 0 Å². The molecule has 2 heterocycles. The molecule has 0 saturated carbocycles. The Bertz CT molecular complexity index is 555. The third-order valence-electron chi connectivity index (χ3n) is 2.74. The molecule has 0 spiro atoms. The molecule has 2 rings (SSSR count). The number of nitrogens with zero attached hydrogens (tertiary/aromatic N) is 3. The van der Waals surface area contributed by atoms with E-state index in [0.29, 0.717) is 12.3 Å². The van der Waals surface area contributed by atoms with E-state index in [9.17, 15) is 4.79 Å². The fourth-order valence-corrected chi connectivity index (χ4v) is 1.68. The molecule has 0 aliphatic carbocycles. The molecule has 2 aromatic rings. The van der Waals surface area contributed by atoms with Crippen LogP contribution in [0.25, 0.3) is 6.08 Å². The molecule has 0 aliphatic heterocycles. The topological polar surface area (TPSA) is 51.3 Å². The second-order valence-electron chi connectivity index (χ2n) is 4.25. The highest BCUT2D eigenvalue weighted by Gasteiger charge is 2.07. The van der Waals surface area contributed by atoms with Crippen LogP contribution in [-0.2, 0) is 17.9 Å². The Morgan fingerprint density at radius 1 is 1.58 bits per heavy atom. The second-order valence-corrected chi connectivity index (χ2v) is 4.25. The van der Waals surface area contributed by atoms with E-state index in [1.807, 2.05) is 17.8 Å². The van der Waals surface area contributed by atoms with Crippen molar-refractivity contribution in [1.82, 2.24) is 14.7 Å². The summed E-state index contributed by atoms with van der Waals surface area (Å²) in [6, 6.07) is 3.59. The fraction of sp³-hybridized carbons (Fsp3) is 0.286. The number of carbonyl (C=O) groups is 1. The van der Waals surface area contributed by atoms with Gasteiger partial charge in [-0.2, -0.15) is 5.10 Å². The summed E-state index contributed by atoms with van der Waals surface area (Å²) in [5.74, 6) is 0.598. The molecule has 5 heteroatoms. The highest BCUT2D eigenvalue weighted by molar-refractivity contribution is 5.91. The largest absolute Gasteiger partial charge is 0.465 e. The van der Waals surface area contributed by atoms with Crippen LogP contribution < -0.4 is 0 Å². The lowest BCUT2D eigenvalue weighted by atomic mass is 10.3. The highest BCUT2D eigenvalue weighted by atomic mass is 16.3. The van der Waals surface area contributed by atoms with Crippen molar-refractivity contribution in [2.45, 2.75) is 20.0 Å². The van der Waals surface area contributed by atoms with Gasteiger partial charge in [0.2, 0.25) is 5.91 Å². The van der Waals surface area contributed by atoms with Gasteiger partial charge in [0.05, 0.1) is 12.5 Å². The number of hydrogen-bond donors (Lipinski definition) is 0. The van der Waals surface area contributed by atoms with Crippen molar-refractivity contribution < 1.29 is 9.21 Å². The highest BCUT2D eigenvalue weighted by Crippen LogP contribution is 2.05. The van der Waals surface area contributed by atoms with Crippen LogP contribution in [0.15, 0.2) is 41.3 Å². The van der Waals surface area contributed by atoms with Crippen molar-refractivity contribution in [2.75, 3.05) is 7.05 Å². The first-order valence-electron chi connectivity index (χ1n) is 6.17. The van der Waals surface area contributed by atoms with Crippen LogP contribution in [0.3, 0.4) is 0 Å². The predicted octanol–water partition coefficient (Wildman–Crippen LogP) is 2.17. The van der Waals surface area contributed by atoms with Gasteiger partial charge in [0.1, 0.15) is 5.76 Å². The molecule has 0 radical (unpaired) electrons. The van der Waals surface area contributed by atoms with E-state index < -0.39 is 0 Å². The number of rotatable bonds is 5. The number of aromatic nitrogens is 2. The minimum Gasteiger partial charge on any atom is -0.465 e. The molecule has 0 aliphatic rings. The van der Waals surface area contributed by atoms with Crippen molar-refractivity contribution in [3.05, 3.63) is 48.2 Å². The molecule has 0 atom stereocenters. The van der Waals surface area contributed by atoms with E-state index >= 15 is 0 Å². The first-order valence-corrected chi connectivity index (χ1v) is 6.17. The van der Waals surface area contributed by atoms with E-state index in [1.54, 1.807) is 42.6 Å². The van der Waals surface area contributed by atoms with Gasteiger partial charge in [-0.15, -0.1) is 0 Å². The molecule has 5 nitrogen and oxygen atoms in total. The molecule has 0 bridgehead atoms. The van der Waals surface area contributed by atoms with Gasteiger partial charge in [-0.25, -0.2) is 0 Å². The molecule has 19 heavy (non-hydrogen) atoms. The Labute approximate surface area is 112 Å². The lowest BCUT2D eigenvalue weighted by Crippen LogP contribution is -2.23. The van der Waals surface area contributed by atoms with Crippen LogP contribution in [0.4, 0.5) is 0 Å². The number of furan rings is 1. The summed E-state index contributed by atoms with van der Waals surface area (Å²) in [5.41, 5.74) is 1.02. The third-order valence-corrected chi connectivity index (χ3v) is 2.74. The summed E-state index contributed by atoms with van der Waals surface area (Å²) < 4.78 is 6.97. The van der Waals surface area contributed by atoms with Crippen LogP contribution >= 0.6 is 0 Å². The summed E-state index contributed by atoms with van der Waals surface area (Å²) in [4.78, 5) is 13.5. The van der Waals surface area contributed by atoms with E-state index in [0.717, 1.165) is 12.1 Å². The SMILES string of the molecule is CCn1cc(CN(C)C(=O)/C=C/c2ccco2)cn1. The maximum atomic E-state index is 11.9. The molecule has 0 N–H and O–H groups in total. The Balaban J connectivity index is 1.92. The maximum Gasteiger partial charge on any atom is 0.246 e. The van der Waals surface area contributed by atoms with Gasteiger partial charge in [-0.05, 0) is 25.1 Å². The first-order chi connectivity index (χ1) is 9.19. The van der Waals surface area contributed by atoms with Gasteiger partial charge < -0.3 is 9.32 Å². The zero-order chi connectivity index (χ0) is 13.7. The zero-order valence-corrected chi connectivity index (χ0v) is 11.1. The smallest absolute Gasteiger partial charge is 0.246 e. The monoisotopic (exact) mass is 259 g/mol. The zero-order valence-electron chi connectivity index (χ0n) is 11.1. The maximum absolute atomic E-state index is 11.9. The van der Waals surface area contributed by atoms with E-state index in [2.05, 4.69) is 5.10 Å². The standard InChI is InChI=1S/C14H17N3O2/c1-3-17-11-12(9-15-17)10-16(2)14(18)7-6-13-5-4-8-19-13/h4-9,11H,3,10H2,1-2H3/b7-6+. The Morgan fingerprint density at radius 2 is 2.42 bits per heavy atom. The molecule has 0 fully saturated rings. The number of hydrogen-bond acceptors (Lipinski definition) is 3. The Kier molecular flexibility index (Phi) is 4.18. The van der Waals surface area contributed by atoms with Crippen molar-refractivity contribution >= 4 is 12.0 Å². The molecule has 100 valence electrons. The number of aryl methyl sites for hydroxylation is 1. The van der Waals surface area contributed by atoms with Crippen LogP contribution in [-0.4, -0.2) is 27.6 Å². The number of amides is 1. The van der Waals surface area contributed by atoms with Gasteiger partial charge in [-0.3, -0.25) is 9.48 Å². The molecule has 0 unspecified atom stereocenters. The summed E-state index contributed by atoms with van der Waals surface area (Å²) in [6.07, 6.45) is 8.47. The lowest BCUT2D eigenvalue weighted by Gasteiger charge is -2.13. The second kappa shape index (κ2) is 6.04. The van der Waals surface area contributed by atoms with Crippen LogP contribution in [0, 0.1) is 0 Å². The molecule has 1 amide bonds. The summed E-state index contributed by atoms with van der Waals surface area (Å²) >= 11 is 0. The lowest BCUT2D eigenvalue weighted by molar-refractivity contribution is -0.125. The van der Waals surface area contributed by atoms with Gasteiger partial charge >= 0.3 is 0 Å². The Hall–Kier alpha value is -2.30. The number of likely N-dealkylation sites (N-methyl/N-ethyl adjacent to an activating group) is 1. The quantitative estimate of drug-likeness (QED) is 0.773. The van der Waals surface area contributed by atoms with Crippen LogP contribution in [0.5, 0.6) is 0 Å². The van der Waals surface area contributed by atoms with Gasteiger partial charge in [-0.1, -0.05) is 0 Å². The van der Waals surface area contributed by atoms with E-state index in [-0.39, 0.29) is 5.91 Å². The molecule has 0 aromatic carbocycles. The number of carbonyl (C=O) groups excluding carboxylic acids is 1. The minimum atomic E-state index is -0.0688. The Morgan fingerprint density at radius 3 is 3.05 bits per heavy atom. The average molecular weight is 259 g/mol. The van der Waals surface area contributed by atoms with Crippen molar-refractivity contribution in [3.8, 4) is 0 Å².